The number of nitro groups is 1. The molecule has 0 saturated heterocycles. The second-order valence-corrected chi connectivity index (χ2v) is 17.4. The zero-order valence-electron chi connectivity index (χ0n) is 21.3. The van der Waals surface area contributed by atoms with Gasteiger partial charge in [0.25, 0.3) is 0 Å². The van der Waals surface area contributed by atoms with Crippen molar-refractivity contribution < 1.29 is 14.5 Å². The average molecular weight is 559 g/mol. The Kier molecular flexibility index (Phi) is 8.54. The van der Waals surface area contributed by atoms with Crippen molar-refractivity contribution in [1.29, 1.82) is 0 Å². The molecule has 0 fully saturated rings. The molecular formula is C25H37BrClNO4Si. The summed E-state index contributed by atoms with van der Waals surface area (Å²) in [5.41, 5.74) is 6.15. The molecule has 184 valence electrons. The lowest BCUT2D eigenvalue weighted by atomic mass is 9.83. The fraction of sp³-hybridized carbons (Fsp3) is 0.640. The Balaban J connectivity index is 3.02. The molecule has 2 rings (SSSR count). The maximum absolute atomic E-state index is 11.9. The zero-order valence-corrected chi connectivity index (χ0v) is 24.7. The van der Waals surface area contributed by atoms with E-state index in [-0.39, 0.29) is 10.7 Å². The lowest BCUT2D eigenvalue weighted by Gasteiger charge is -2.46. The number of aliphatic hydroxyl groups is 1. The van der Waals surface area contributed by atoms with Crippen LogP contribution in [0.25, 0.3) is 5.57 Å². The van der Waals surface area contributed by atoms with E-state index in [4.69, 9.17) is 16.0 Å². The van der Waals surface area contributed by atoms with E-state index in [9.17, 15) is 15.2 Å². The van der Waals surface area contributed by atoms with Crippen LogP contribution in [-0.2, 0) is 4.43 Å². The molecule has 8 heteroatoms. The summed E-state index contributed by atoms with van der Waals surface area (Å²) in [4.78, 5) is 11.4. The van der Waals surface area contributed by atoms with Gasteiger partial charge in [-0.15, -0.1) is 5.73 Å². The smallest absolute Gasteiger partial charge is 0.302 e. The highest BCUT2D eigenvalue weighted by molar-refractivity contribution is 9.10. The maximum atomic E-state index is 11.9. The lowest BCUT2D eigenvalue weighted by molar-refractivity contribution is -0.385. The number of hydrogen-bond donors (Lipinski definition) is 1. The van der Waals surface area contributed by atoms with Crippen molar-refractivity contribution in [2.75, 3.05) is 0 Å². The van der Waals surface area contributed by atoms with Crippen LogP contribution in [0.5, 0.6) is 0 Å². The molecule has 1 N–H and O–H groups in total. The van der Waals surface area contributed by atoms with Crippen molar-refractivity contribution in [3.05, 3.63) is 48.1 Å². The van der Waals surface area contributed by atoms with Crippen LogP contribution in [0.1, 0.15) is 86.5 Å². The third-order valence-corrected chi connectivity index (χ3v) is 14.0. The standard InChI is InChI=1S/C25H37BrClNO4Si/c1-13(2)11-18-17-12-19(27)23(28(30)31)22(26)20(17)24(21(18)25(9,10)29)32-33(14(3)4,15(5)6)16(7)8/h12,14-16,21,24,29H,1-10H3/t21-,24-/m1/s1. The van der Waals surface area contributed by atoms with E-state index in [0.717, 1.165) is 16.7 Å². The summed E-state index contributed by atoms with van der Waals surface area (Å²) in [6, 6.07) is 1.64. The van der Waals surface area contributed by atoms with Gasteiger partial charge in [0, 0.05) is 17.1 Å². The van der Waals surface area contributed by atoms with E-state index in [2.05, 4.69) is 63.2 Å². The summed E-state index contributed by atoms with van der Waals surface area (Å²) >= 11 is 9.90. The number of rotatable bonds is 7. The molecule has 0 bridgehead atoms. The third-order valence-electron chi connectivity index (χ3n) is 6.79. The summed E-state index contributed by atoms with van der Waals surface area (Å²) in [5, 5.41) is 23.3. The molecule has 0 spiro atoms. The second-order valence-electron chi connectivity index (χ2n) is 10.8. The normalized spacial score (nSPS) is 18.8. The molecule has 5 nitrogen and oxygen atoms in total. The summed E-state index contributed by atoms with van der Waals surface area (Å²) in [5.74, 6) is -0.458. The first-order valence-corrected chi connectivity index (χ1v) is 14.8. The number of nitro benzene ring substituents is 1. The quantitative estimate of drug-likeness (QED) is 0.157. The highest BCUT2D eigenvalue weighted by atomic mass is 79.9. The van der Waals surface area contributed by atoms with E-state index in [1.165, 1.54) is 0 Å². The van der Waals surface area contributed by atoms with Crippen LogP contribution in [-0.4, -0.2) is 23.9 Å². The highest BCUT2D eigenvalue weighted by Gasteiger charge is 2.54. The van der Waals surface area contributed by atoms with Crippen molar-refractivity contribution in [2.45, 2.75) is 97.6 Å². The van der Waals surface area contributed by atoms with Crippen LogP contribution in [0, 0.1) is 16.0 Å². The van der Waals surface area contributed by atoms with Crippen molar-refractivity contribution >= 4 is 47.1 Å². The van der Waals surface area contributed by atoms with E-state index in [1.807, 2.05) is 13.8 Å². The molecule has 0 radical (unpaired) electrons. The maximum Gasteiger partial charge on any atom is 0.302 e. The summed E-state index contributed by atoms with van der Waals surface area (Å²) in [6.07, 6.45) is -0.564. The molecule has 0 aliphatic heterocycles. The van der Waals surface area contributed by atoms with Crippen LogP contribution in [0.3, 0.4) is 0 Å². The van der Waals surface area contributed by atoms with Gasteiger partial charge in [-0.2, -0.15) is 0 Å². The van der Waals surface area contributed by atoms with Crippen LogP contribution < -0.4 is 0 Å². The second kappa shape index (κ2) is 9.96. The molecule has 0 heterocycles. The minimum absolute atomic E-state index is 0.0499. The number of nitrogens with zero attached hydrogens (tertiary/aromatic N) is 1. The number of benzene rings is 1. The predicted molar refractivity (Wildman–Crippen MR) is 142 cm³/mol. The van der Waals surface area contributed by atoms with Gasteiger partial charge in [-0.3, -0.25) is 10.1 Å². The average Bonchev–Trinajstić information content (AvgIpc) is 2.90. The van der Waals surface area contributed by atoms with Gasteiger partial charge in [0.15, 0.2) is 0 Å². The Morgan fingerprint density at radius 2 is 1.70 bits per heavy atom. The molecule has 33 heavy (non-hydrogen) atoms. The van der Waals surface area contributed by atoms with Crippen molar-refractivity contribution in [3.8, 4) is 0 Å². The Labute approximate surface area is 212 Å². The van der Waals surface area contributed by atoms with E-state index >= 15 is 0 Å². The molecule has 0 saturated carbocycles. The minimum Gasteiger partial charge on any atom is -0.408 e. The van der Waals surface area contributed by atoms with Gasteiger partial charge < -0.3 is 9.53 Å². The number of hydrogen-bond acceptors (Lipinski definition) is 4. The van der Waals surface area contributed by atoms with Crippen LogP contribution >= 0.6 is 27.5 Å². The molecule has 2 atom stereocenters. The fourth-order valence-electron chi connectivity index (χ4n) is 5.67. The fourth-order valence-corrected chi connectivity index (χ4v) is 12.4. The van der Waals surface area contributed by atoms with Gasteiger partial charge >= 0.3 is 5.69 Å². The molecule has 1 aliphatic carbocycles. The molecule has 1 aromatic carbocycles. The molecule has 0 aromatic heterocycles. The highest BCUT2D eigenvalue weighted by Crippen LogP contribution is 2.59. The molecule has 1 aliphatic rings. The monoisotopic (exact) mass is 557 g/mol. The Morgan fingerprint density at radius 3 is 2.06 bits per heavy atom. The Bertz CT molecular complexity index is 981. The van der Waals surface area contributed by atoms with Crippen LogP contribution in [0.4, 0.5) is 5.69 Å². The molecular weight excluding hydrogens is 522 g/mol. The minimum atomic E-state index is -2.42. The van der Waals surface area contributed by atoms with Gasteiger partial charge in [-0.25, -0.2) is 0 Å². The number of fused-ring (bicyclic) bond motifs is 1. The first-order chi connectivity index (χ1) is 15.0. The molecule has 1 aromatic rings. The van der Waals surface area contributed by atoms with Gasteiger partial charge in [0.2, 0.25) is 8.32 Å². The summed E-state index contributed by atoms with van der Waals surface area (Å²) < 4.78 is 7.55. The van der Waals surface area contributed by atoms with Crippen LogP contribution in [0.2, 0.25) is 21.6 Å². The van der Waals surface area contributed by atoms with Crippen molar-refractivity contribution in [1.82, 2.24) is 0 Å². The van der Waals surface area contributed by atoms with Gasteiger partial charge in [-0.1, -0.05) is 53.1 Å². The first-order valence-electron chi connectivity index (χ1n) is 11.5. The Hall–Kier alpha value is -0.953. The van der Waals surface area contributed by atoms with E-state index in [0.29, 0.717) is 26.7 Å². The summed E-state index contributed by atoms with van der Waals surface area (Å²) in [7, 11) is -2.42. The third kappa shape index (κ3) is 5.05. The van der Waals surface area contributed by atoms with Gasteiger partial charge in [0.1, 0.15) is 9.50 Å². The molecule has 0 amide bonds. The lowest BCUT2D eigenvalue weighted by Crippen LogP contribution is -2.50. The summed E-state index contributed by atoms with van der Waals surface area (Å²) in [6.45, 7) is 20.6. The Morgan fingerprint density at radius 1 is 1.21 bits per heavy atom. The molecule has 0 unspecified atom stereocenters. The van der Waals surface area contributed by atoms with Crippen molar-refractivity contribution in [3.63, 3.8) is 0 Å². The topological polar surface area (TPSA) is 72.6 Å². The predicted octanol–water partition coefficient (Wildman–Crippen LogP) is 8.59. The van der Waals surface area contributed by atoms with Crippen LogP contribution in [0.15, 0.2) is 21.8 Å². The zero-order chi connectivity index (χ0) is 25.6. The number of halogens is 2. The van der Waals surface area contributed by atoms with Crippen molar-refractivity contribution in [2.24, 2.45) is 5.92 Å². The largest absolute Gasteiger partial charge is 0.408 e. The van der Waals surface area contributed by atoms with E-state index in [1.54, 1.807) is 19.9 Å². The van der Waals surface area contributed by atoms with Gasteiger partial charge in [0.05, 0.1) is 16.6 Å². The first kappa shape index (κ1) is 28.3. The van der Waals surface area contributed by atoms with E-state index < -0.39 is 30.9 Å². The van der Waals surface area contributed by atoms with Gasteiger partial charge in [-0.05, 0) is 77.5 Å². The SMILES string of the molecule is CC(C)=C=C1c2cc(Cl)c([N+](=O)[O-])c(Br)c2[C@@H](O[Si](C(C)C)(C(C)C)C(C)C)[C@@H]1C(C)(C)O.